The molecule has 1 aromatic rings. The van der Waals surface area contributed by atoms with Gasteiger partial charge in [-0.15, -0.1) is 0 Å². The van der Waals surface area contributed by atoms with Crippen LogP contribution < -0.4 is 4.90 Å². The molecule has 1 aromatic carbocycles. The molecule has 0 spiro atoms. The number of benzene rings is 1. The first-order chi connectivity index (χ1) is 9.45. The van der Waals surface area contributed by atoms with Crippen LogP contribution >= 0.6 is 0 Å². The molecule has 4 heteroatoms. The van der Waals surface area contributed by atoms with Crippen LogP contribution in [0.25, 0.3) is 0 Å². The number of oxime groups is 1. The molecule has 2 rings (SSSR count). The van der Waals surface area contributed by atoms with Crippen molar-refractivity contribution in [3.05, 3.63) is 29.8 Å². The predicted molar refractivity (Wildman–Crippen MR) is 81.7 cm³/mol. The van der Waals surface area contributed by atoms with E-state index in [2.05, 4.69) is 10.1 Å². The molecule has 1 unspecified atom stereocenters. The minimum atomic E-state index is -0.742. The van der Waals surface area contributed by atoms with E-state index in [1.165, 1.54) is 0 Å². The molecule has 1 atom stereocenters. The first-order valence-corrected chi connectivity index (χ1v) is 7.23. The second-order valence-corrected chi connectivity index (χ2v) is 6.10. The van der Waals surface area contributed by atoms with Gasteiger partial charge in [-0.1, -0.05) is 37.2 Å². The largest absolute Gasteiger partial charge is 0.411 e. The highest BCUT2D eigenvalue weighted by Crippen LogP contribution is 2.29. The molecule has 2 N–H and O–H groups in total. The van der Waals surface area contributed by atoms with Crippen molar-refractivity contribution in [3.8, 4) is 0 Å². The number of nitrogens with zero attached hydrogens (tertiary/aromatic N) is 2. The smallest absolute Gasteiger partial charge is 0.0889 e. The lowest BCUT2D eigenvalue weighted by Gasteiger charge is -2.35. The molecule has 0 fully saturated rings. The van der Waals surface area contributed by atoms with Crippen molar-refractivity contribution in [2.75, 3.05) is 18.0 Å². The summed E-state index contributed by atoms with van der Waals surface area (Å²) in [7, 11) is 0. The SMILES string of the molecule is CC(C)C(C)(O)CN1CCC/C(=N/O)c2ccccc21. The third-order valence-corrected chi connectivity index (χ3v) is 4.27. The van der Waals surface area contributed by atoms with E-state index >= 15 is 0 Å². The minimum Gasteiger partial charge on any atom is -0.411 e. The summed E-state index contributed by atoms with van der Waals surface area (Å²) in [5.74, 6) is 0.184. The van der Waals surface area contributed by atoms with Crippen LogP contribution in [-0.2, 0) is 0 Å². The zero-order valence-corrected chi connectivity index (χ0v) is 12.5. The Labute approximate surface area is 120 Å². The van der Waals surface area contributed by atoms with Gasteiger partial charge in [0.2, 0.25) is 0 Å². The van der Waals surface area contributed by atoms with Gasteiger partial charge in [-0.05, 0) is 31.7 Å². The van der Waals surface area contributed by atoms with Crippen LogP contribution in [0.1, 0.15) is 39.2 Å². The lowest BCUT2D eigenvalue weighted by molar-refractivity contribution is 0.0206. The molecule has 0 amide bonds. The molecule has 0 saturated carbocycles. The Morgan fingerprint density at radius 3 is 2.70 bits per heavy atom. The highest BCUT2D eigenvalue weighted by molar-refractivity contribution is 6.05. The normalized spacial score (nSPS) is 20.6. The van der Waals surface area contributed by atoms with Crippen molar-refractivity contribution >= 4 is 11.4 Å². The predicted octanol–water partition coefficient (Wildman–Crippen LogP) is 2.87. The summed E-state index contributed by atoms with van der Waals surface area (Å²) in [5.41, 5.74) is 1.99. The molecular weight excluding hydrogens is 252 g/mol. The number of β-amino-alcohol motifs (C(OH)–C–C–N with tert-alkyl or cyclic N) is 1. The van der Waals surface area contributed by atoms with Gasteiger partial charge in [0.1, 0.15) is 0 Å². The number of rotatable bonds is 3. The second kappa shape index (κ2) is 5.83. The van der Waals surface area contributed by atoms with E-state index in [1.807, 2.05) is 45.0 Å². The van der Waals surface area contributed by atoms with Crippen LogP contribution in [0.15, 0.2) is 29.4 Å². The number of hydrogen-bond acceptors (Lipinski definition) is 4. The molecule has 20 heavy (non-hydrogen) atoms. The molecule has 0 aromatic heterocycles. The first kappa shape index (κ1) is 14.9. The fourth-order valence-electron chi connectivity index (χ4n) is 2.52. The third kappa shape index (κ3) is 2.96. The molecule has 1 aliphatic heterocycles. The average molecular weight is 276 g/mol. The van der Waals surface area contributed by atoms with Crippen molar-refractivity contribution in [2.45, 2.75) is 39.2 Å². The van der Waals surface area contributed by atoms with Gasteiger partial charge in [-0.3, -0.25) is 0 Å². The Hall–Kier alpha value is -1.55. The number of fused-ring (bicyclic) bond motifs is 1. The van der Waals surface area contributed by atoms with Crippen molar-refractivity contribution in [3.63, 3.8) is 0 Å². The average Bonchev–Trinajstić information content (AvgIpc) is 2.58. The summed E-state index contributed by atoms with van der Waals surface area (Å²) in [4.78, 5) is 2.20. The highest BCUT2D eigenvalue weighted by Gasteiger charge is 2.30. The number of hydrogen-bond donors (Lipinski definition) is 2. The van der Waals surface area contributed by atoms with Crippen molar-refractivity contribution in [1.82, 2.24) is 0 Å². The second-order valence-electron chi connectivity index (χ2n) is 6.10. The third-order valence-electron chi connectivity index (χ3n) is 4.27. The number of anilines is 1. The fraction of sp³-hybridized carbons (Fsp3) is 0.562. The Bertz CT molecular complexity index is 495. The zero-order valence-electron chi connectivity index (χ0n) is 12.5. The number of para-hydroxylation sites is 1. The standard InChI is InChI=1S/C16H24N2O2/c1-12(2)16(3,19)11-18-10-6-8-14(17-20)13-7-4-5-9-15(13)18/h4-5,7,9,12,19-20H,6,8,10-11H2,1-3H3/b17-14-. The molecule has 0 saturated heterocycles. The van der Waals surface area contributed by atoms with E-state index in [4.69, 9.17) is 0 Å². The van der Waals surface area contributed by atoms with E-state index in [1.54, 1.807) is 0 Å². The van der Waals surface area contributed by atoms with Crippen LogP contribution in [0, 0.1) is 5.92 Å². The summed E-state index contributed by atoms with van der Waals surface area (Å²) >= 11 is 0. The van der Waals surface area contributed by atoms with Crippen LogP contribution in [0.3, 0.4) is 0 Å². The zero-order chi connectivity index (χ0) is 14.8. The van der Waals surface area contributed by atoms with E-state index in [0.717, 1.165) is 36.3 Å². The highest BCUT2D eigenvalue weighted by atomic mass is 16.4. The molecule has 0 radical (unpaired) electrons. The Balaban J connectivity index is 2.35. The van der Waals surface area contributed by atoms with Gasteiger partial charge in [-0.25, -0.2) is 0 Å². The Morgan fingerprint density at radius 1 is 1.35 bits per heavy atom. The summed E-state index contributed by atoms with van der Waals surface area (Å²) in [5, 5.41) is 23.2. The molecular formula is C16H24N2O2. The van der Waals surface area contributed by atoms with Crippen LogP contribution in [0.2, 0.25) is 0 Å². The van der Waals surface area contributed by atoms with Gasteiger partial charge < -0.3 is 15.2 Å². The van der Waals surface area contributed by atoms with Crippen LogP contribution in [0.5, 0.6) is 0 Å². The van der Waals surface area contributed by atoms with Gasteiger partial charge in [-0.2, -0.15) is 0 Å². The molecule has 4 nitrogen and oxygen atoms in total. The number of aliphatic hydroxyl groups is 1. The topological polar surface area (TPSA) is 56.1 Å². The van der Waals surface area contributed by atoms with E-state index in [-0.39, 0.29) is 5.92 Å². The molecule has 0 aliphatic carbocycles. The van der Waals surface area contributed by atoms with Gasteiger partial charge in [0.25, 0.3) is 0 Å². The maximum absolute atomic E-state index is 10.6. The Morgan fingerprint density at radius 2 is 2.05 bits per heavy atom. The molecule has 1 heterocycles. The molecule has 1 aliphatic rings. The van der Waals surface area contributed by atoms with Gasteiger partial charge >= 0.3 is 0 Å². The summed E-state index contributed by atoms with van der Waals surface area (Å²) in [6.07, 6.45) is 1.68. The van der Waals surface area contributed by atoms with Crippen molar-refractivity contribution in [2.24, 2.45) is 11.1 Å². The van der Waals surface area contributed by atoms with Crippen molar-refractivity contribution < 1.29 is 10.3 Å². The maximum Gasteiger partial charge on any atom is 0.0889 e. The summed E-state index contributed by atoms with van der Waals surface area (Å²) < 4.78 is 0. The quantitative estimate of drug-likeness (QED) is 0.659. The van der Waals surface area contributed by atoms with Crippen LogP contribution in [-0.4, -0.2) is 34.7 Å². The van der Waals surface area contributed by atoms with Crippen LogP contribution in [0.4, 0.5) is 5.69 Å². The minimum absolute atomic E-state index is 0.184. The van der Waals surface area contributed by atoms with Gasteiger partial charge in [0, 0.05) is 24.3 Å². The first-order valence-electron chi connectivity index (χ1n) is 7.23. The molecule has 0 bridgehead atoms. The summed E-state index contributed by atoms with van der Waals surface area (Å²) in [6.45, 7) is 7.39. The van der Waals surface area contributed by atoms with Gasteiger partial charge in [0.15, 0.2) is 0 Å². The monoisotopic (exact) mass is 276 g/mol. The van der Waals surface area contributed by atoms with Crippen molar-refractivity contribution in [1.29, 1.82) is 0 Å². The maximum atomic E-state index is 10.6. The van der Waals surface area contributed by atoms with Gasteiger partial charge in [0.05, 0.1) is 11.3 Å². The lowest BCUT2D eigenvalue weighted by Crippen LogP contribution is -2.45. The van der Waals surface area contributed by atoms with E-state index in [9.17, 15) is 10.3 Å². The van der Waals surface area contributed by atoms with E-state index < -0.39 is 5.60 Å². The lowest BCUT2D eigenvalue weighted by atomic mass is 9.91. The molecule has 110 valence electrons. The van der Waals surface area contributed by atoms with E-state index in [0.29, 0.717) is 6.54 Å². The Kier molecular flexibility index (Phi) is 4.33. The fourth-order valence-corrected chi connectivity index (χ4v) is 2.52. The summed E-state index contributed by atoms with van der Waals surface area (Å²) in [6, 6.07) is 7.94.